The summed E-state index contributed by atoms with van der Waals surface area (Å²) in [6, 6.07) is 10.5. The maximum absolute atomic E-state index is 5.80. The van der Waals surface area contributed by atoms with E-state index in [9.17, 15) is 0 Å². The van der Waals surface area contributed by atoms with Gasteiger partial charge in [0.15, 0.2) is 0 Å². The van der Waals surface area contributed by atoms with Crippen LogP contribution in [-0.2, 0) is 4.84 Å². The Kier molecular flexibility index (Phi) is 25.9. The summed E-state index contributed by atoms with van der Waals surface area (Å²) in [7, 11) is 2.17. The van der Waals surface area contributed by atoms with E-state index in [4.69, 9.17) is 15.6 Å². The molecule has 0 unspecified atom stereocenters. The fourth-order valence-electron chi connectivity index (χ4n) is 6.98. The first kappa shape index (κ1) is 49.8. The molecule has 56 heavy (non-hydrogen) atoms. The molecule has 1 aliphatic heterocycles. The number of pyridine rings is 1. The van der Waals surface area contributed by atoms with Gasteiger partial charge >= 0.3 is 0 Å². The van der Waals surface area contributed by atoms with E-state index in [0.717, 1.165) is 85.1 Å². The van der Waals surface area contributed by atoms with Gasteiger partial charge in [-0.2, -0.15) is 0 Å². The molecule has 4 rings (SSSR count). The van der Waals surface area contributed by atoms with Gasteiger partial charge in [-0.3, -0.25) is 4.84 Å². The van der Waals surface area contributed by atoms with Gasteiger partial charge in [0.2, 0.25) is 0 Å². The summed E-state index contributed by atoms with van der Waals surface area (Å²) in [6.07, 6.45) is 16.2. The van der Waals surface area contributed by atoms with Gasteiger partial charge in [0, 0.05) is 30.4 Å². The Bertz CT molecular complexity index is 1460. The Balaban J connectivity index is 0.00000115. The first-order valence-electron chi connectivity index (χ1n) is 20.5. The summed E-state index contributed by atoms with van der Waals surface area (Å²) < 4.78 is 0. The number of hydrogen-bond acceptors (Lipinski definition) is 8. The number of aromatic nitrogens is 1. The molecule has 0 bridgehead atoms. The van der Waals surface area contributed by atoms with Gasteiger partial charge in [-0.05, 0) is 151 Å². The zero-order chi connectivity index (χ0) is 41.9. The Hall–Kier alpha value is -4.21. The molecule has 1 saturated carbocycles. The maximum Gasteiger partial charge on any atom is 0.128 e. The van der Waals surface area contributed by atoms with Gasteiger partial charge in [-0.1, -0.05) is 70.0 Å². The minimum atomic E-state index is 0.395. The van der Waals surface area contributed by atoms with Crippen molar-refractivity contribution < 1.29 is 4.84 Å². The number of nitrogens with zero attached hydrogens (tertiary/aromatic N) is 3. The zero-order valence-corrected chi connectivity index (χ0v) is 35.9. The lowest BCUT2D eigenvalue weighted by atomic mass is 9.82. The van der Waals surface area contributed by atoms with Gasteiger partial charge in [0.05, 0.1) is 18.5 Å². The molecule has 1 saturated heterocycles. The van der Waals surface area contributed by atoms with Crippen molar-refractivity contribution in [2.24, 2.45) is 23.5 Å². The van der Waals surface area contributed by atoms with Crippen LogP contribution in [0.4, 0.5) is 11.5 Å². The van der Waals surface area contributed by atoms with E-state index in [1.165, 1.54) is 62.7 Å². The molecule has 0 spiro atoms. The summed E-state index contributed by atoms with van der Waals surface area (Å²) >= 11 is 0. The van der Waals surface area contributed by atoms with E-state index in [1.807, 2.05) is 19.2 Å². The highest BCUT2D eigenvalue weighted by molar-refractivity contribution is 5.76. The third-order valence-electron chi connectivity index (χ3n) is 10.2. The van der Waals surface area contributed by atoms with Crippen molar-refractivity contribution in [2.75, 3.05) is 56.6 Å². The van der Waals surface area contributed by atoms with E-state index < -0.39 is 0 Å². The quantitative estimate of drug-likeness (QED) is 0.0486. The number of hydrazine groups is 1. The SMILES string of the molecule is C=C.C=C.C=C/C(=C/c1ccc(C(=C)Nc2ccc(N3CCC(C(=C)NNOCC4CCC(CN)CC4)CC3)nc2)cc1C)CC(=C)C.CCCN(C)CCC. The van der Waals surface area contributed by atoms with Gasteiger partial charge in [-0.15, -0.1) is 31.9 Å². The van der Waals surface area contributed by atoms with Crippen molar-refractivity contribution in [2.45, 2.75) is 85.5 Å². The van der Waals surface area contributed by atoms with Crippen LogP contribution in [0.5, 0.6) is 0 Å². The molecule has 310 valence electrons. The summed E-state index contributed by atoms with van der Waals surface area (Å²) in [5.74, 6) is 2.69. The molecule has 0 atom stereocenters. The summed E-state index contributed by atoms with van der Waals surface area (Å²) in [5.41, 5.74) is 20.4. The molecule has 1 aliphatic carbocycles. The Morgan fingerprint density at radius 1 is 0.946 bits per heavy atom. The van der Waals surface area contributed by atoms with Crippen LogP contribution in [0.2, 0.25) is 0 Å². The summed E-state index contributed by atoms with van der Waals surface area (Å²) in [6.45, 7) is 43.0. The normalized spacial score (nSPS) is 16.8. The number of nitrogens with one attached hydrogen (secondary N) is 3. The van der Waals surface area contributed by atoms with E-state index >= 15 is 0 Å². The van der Waals surface area contributed by atoms with Crippen LogP contribution < -0.4 is 27.0 Å². The third kappa shape index (κ3) is 18.6. The van der Waals surface area contributed by atoms with Crippen molar-refractivity contribution >= 4 is 23.3 Å². The number of nitrogens with two attached hydrogens (primary N) is 1. The van der Waals surface area contributed by atoms with E-state index in [-0.39, 0.29) is 0 Å². The molecule has 5 N–H and O–H groups in total. The molecule has 8 heteroatoms. The fourth-order valence-corrected chi connectivity index (χ4v) is 6.98. The van der Waals surface area contributed by atoms with Crippen LogP contribution in [0.1, 0.15) is 95.2 Å². The second kappa shape index (κ2) is 29.1. The number of piperidine rings is 1. The molecule has 8 nitrogen and oxygen atoms in total. The van der Waals surface area contributed by atoms with Crippen molar-refractivity contribution in [3.63, 3.8) is 0 Å². The van der Waals surface area contributed by atoms with E-state index in [2.05, 4.69) is 143 Å². The summed E-state index contributed by atoms with van der Waals surface area (Å²) in [5, 5.41) is 3.42. The maximum atomic E-state index is 5.80. The van der Waals surface area contributed by atoms with Crippen molar-refractivity contribution in [1.29, 1.82) is 0 Å². The van der Waals surface area contributed by atoms with Crippen molar-refractivity contribution in [3.8, 4) is 0 Å². The first-order chi connectivity index (χ1) is 27.1. The van der Waals surface area contributed by atoms with Crippen molar-refractivity contribution in [1.82, 2.24) is 20.9 Å². The van der Waals surface area contributed by atoms with Crippen LogP contribution in [0, 0.1) is 24.7 Å². The van der Waals surface area contributed by atoms with Gasteiger partial charge in [0.25, 0.3) is 0 Å². The molecule has 1 aromatic heterocycles. The van der Waals surface area contributed by atoms with E-state index in [1.54, 1.807) is 0 Å². The second-order valence-electron chi connectivity index (χ2n) is 14.9. The molecule has 2 fully saturated rings. The molecule has 2 aliphatic rings. The smallest absolute Gasteiger partial charge is 0.128 e. The monoisotopic (exact) mass is 768 g/mol. The van der Waals surface area contributed by atoms with E-state index in [0.29, 0.717) is 17.8 Å². The number of anilines is 2. The molecule has 2 aromatic rings. The van der Waals surface area contributed by atoms with Crippen LogP contribution in [0.15, 0.2) is 112 Å². The number of rotatable bonds is 19. The van der Waals surface area contributed by atoms with Gasteiger partial charge < -0.3 is 26.3 Å². The Morgan fingerprint density at radius 2 is 1.57 bits per heavy atom. The largest absolute Gasteiger partial charge is 0.357 e. The highest BCUT2D eigenvalue weighted by Crippen LogP contribution is 2.29. The highest BCUT2D eigenvalue weighted by atomic mass is 16.7. The standard InChI is InChI=1S/C37H52N6O.C7H17N.2C2H4/c1-7-30(20-26(2)3)22-34-12-13-35(21-27(34)4)28(5)40-36-14-15-37(39-24-36)43-18-16-33(17-19-43)29(6)41-42-44-25-32-10-8-31(23-38)9-11-32;1-4-6-8(3)7-5-2;2*1-2/h7,12-15,21-22,24,31-33,40-42H,1-2,5-6,8-11,16-20,23,25,38H2,3-4H3;4-7H2,1-3H3;2*1-2H2/b30-22-;;;. The first-order valence-corrected chi connectivity index (χ1v) is 20.5. The lowest BCUT2D eigenvalue weighted by molar-refractivity contribution is -0.0145. The third-order valence-corrected chi connectivity index (χ3v) is 10.2. The molecular formula is C48H77N7O. The second-order valence-corrected chi connectivity index (χ2v) is 14.9. The number of hydrogen-bond donors (Lipinski definition) is 4. The zero-order valence-electron chi connectivity index (χ0n) is 35.9. The fraction of sp³-hybridized carbons (Fsp3) is 0.479. The lowest BCUT2D eigenvalue weighted by Crippen LogP contribution is -2.40. The highest BCUT2D eigenvalue weighted by Gasteiger charge is 2.23. The van der Waals surface area contributed by atoms with Crippen LogP contribution in [0.3, 0.4) is 0 Å². The topological polar surface area (TPSA) is 90.7 Å². The summed E-state index contributed by atoms with van der Waals surface area (Å²) in [4.78, 5) is 15.2. The lowest BCUT2D eigenvalue weighted by Gasteiger charge is -2.34. The average Bonchev–Trinajstić information content (AvgIpc) is 3.22. The molecule has 2 heterocycles. The van der Waals surface area contributed by atoms with Crippen molar-refractivity contribution in [3.05, 3.63) is 129 Å². The number of aryl methyl sites for hydroxylation is 1. The van der Waals surface area contributed by atoms with Gasteiger partial charge in [0.1, 0.15) is 5.82 Å². The predicted octanol–water partition coefficient (Wildman–Crippen LogP) is 10.9. The minimum Gasteiger partial charge on any atom is -0.357 e. The molecular weight excluding hydrogens is 691 g/mol. The number of benzene rings is 1. The molecule has 1 aromatic carbocycles. The van der Waals surface area contributed by atoms with Gasteiger partial charge in [-0.25, -0.2) is 4.98 Å². The Morgan fingerprint density at radius 3 is 2.09 bits per heavy atom. The predicted molar refractivity (Wildman–Crippen MR) is 247 cm³/mol. The molecule has 0 amide bonds. The van der Waals surface area contributed by atoms with Crippen LogP contribution in [0.25, 0.3) is 11.8 Å². The minimum absolute atomic E-state index is 0.395. The van der Waals surface area contributed by atoms with Crippen LogP contribution >= 0.6 is 0 Å². The van der Waals surface area contributed by atoms with Crippen LogP contribution in [-0.4, -0.2) is 56.3 Å². The number of allylic oxidation sites excluding steroid dienone is 4. The molecule has 0 radical (unpaired) electrons. The Labute approximate surface area is 342 Å². The average molecular weight is 768 g/mol.